The van der Waals surface area contributed by atoms with Gasteiger partial charge in [0.05, 0.1) is 24.4 Å². The summed E-state index contributed by atoms with van der Waals surface area (Å²) in [6.07, 6.45) is 4.67. The summed E-state index contributed by atoms with van der Waals surface area (Å²) < 4.78 is 10.0. The van der Waals surface area contributed by atoms with Crippen molar-refractivity contribution in [2.75, 3.05) is 53.0 Å². The Balaban J connectivity index is 1.56. The van der Waals surface area contributed by atoms with Gasteiger partial charge in [-0.2, -0.15) is 0 Å². The first-order chi connectivity index (χ1) is 13.1. The number of rotatable bonds is 5. The average molecular weight is 377 g/mol. The van der Waals surface area contributed by atoms with Gasteiger partial charge in [0, 0.05) is 52.8 Å². The predicted molar refractivity (Wildman–Crippen MR) is 97.0 cm³/mol. The Labute approximate surface area is 159 Å². The van der Waals surface area contributed by atoms with E-state index in [-0.39, 0.29) is 23.6 Å². The van der Waals surface area contributed by atoms with Crippen LogP contribution in [-0.4, -0.2) is 85.4 Å². The number of furan rings is 1. The Kier molecular flexibility index (Phi) is 6.49. The molecular formula is C19H27N3O5. The van der Waals surface area contributed by atoms with Gasteiger partial charge in [-0.15, -0.1) is 0 Å². The van der Waals surface area contributed by atoms with E-state index in [0.29, 0.717) is 64.3 Å². The lowest BCUT2D eigenvalue weighted by molar-refractivity contribution is -0.143. The zero-order chi connectivity index (χ0) is 19.2. The Bertz CT molecular complexity index is 660. The minimum atomic E-state index is -0.171. The van der Waals surface area contributed by atoms with Crippen molar-refractivity contribution in [1.82, 2.24) is 14.7 Å². The lowest BCUT2D eigenvalue weighted by Gasteiger charge is -2.34. The Hall–Kier alpha value is -2.35. The monoisotopic (exact) mass is 377 g/mol. The van der Waals surface area contributed by atoms with Crippen LogP contribution in [0.2, 0.25) is 0 Å². The Morgan fingerprint density at radius 2 is 2.00 bits per heavy atom. The molecule has 0 aliphatic carbocycles. The van der Waals surface area contributed by atoms with E-state index >= 15 is 0 Å². The van der Waals surface area contributed by atoms with Crippen molar-refractivity contribution in [2.45, 2.75) is 19.3 Å². The van der Waals surface area contributed by atoms with Gasteiger partial charge >= 0.3 is 0 Å². The fraction of sp³-hybridized carbons (Fsp3) is 0.632. The van der Waals surface area contributed by atoms with Crippen LogP contribution in [0.3, 0.4) is 0 Å². The summed E-state index contributed by atoms with van der Waals surface area (Å²) in [6, 6.07) is 1.66. The zero-order valence-corrected chi connectivity index (χ0v) is 15.8. The normalized spacial score (nSPS) is 21.3. The number of carbonyl (C=O) groups excluding carboxylic acids is 3. The molecular weight excluding hydrogens is 350 g/mol. The molecule has 3 heterocycles. The molecule has 1 atom stereocenters. The third-order valence-corrected chi connectivity index (χ3v) is 5.28. The molecule has 1 aromatic heterocycles. The minimum Gasteiger partial charge on any atom is -0.472 e. The van der Waals surface area contributed by atoms with Gasteiger partial charge in [-0.3, -0.25) is 14.4 Å². The van der Waals surface area contributed by atoms with Gasteiger partial charge in [0.25, 0.3) is 5.91 Å². The second-order valence-corrected chi connectivity index (χ2v) is 7.05. The Morgan fingerprint density at radius 1 is 1.22 bits per heavy atom. The number of likely N-dealkylation sites (tertiary alicyclic amines) is 1. The summed E-state index contributed by atoms with van der Waals surface area (Å²) in [4.78, 5) is 42.8. The number of carbonyl (C=O) groups is 3. The molecule has 8 heteroatoms. The zero-order valence-electron chi connectivity index (χ0n) is 15.8. The summed E-state index contributed by atoms with van der Waals surface area (Å²) in [5.41, 5.74) is 0.536. The number of ether oxygens (including phenoxy) is 1. The molecule has 0 N–H and O–H groups in total. The second-order valence-electron chi connectivity index (χ2n) is 7.05. The Morgan fingerprint density at radius 3 is 2.74 bits per heavy atom. The molecule has 0 saturated carbocycles. The van der Waals surface area contributed by atoms with Crippen LogP contribution in [0.4, 0.5) is 0 Å². The minimum absolute atomic E-state index is 0.0629. The molecule has 0 spiro atoms. The molecule has 2 aliphatic rings. The number of amides is 3. The van der Waals surface area contributed by atoms with E-state index in [0.717, 1.165) is 6.42 Å². The molecule has 3 rings (SSSR count). The predicted octanol–water partition coefficient (Wildman–Crippen LogP) is 0.839. The summed E-state index contributed by atoms with van der Waals surface area (Å²) in [7, 11) is 1.60. The molecule has 8 nitrogen and oxygen atoms in total. The van der Waals surface area contributed by atoms with E-state index in [1.165, 1.54) is 12.5 Å². The number of piperidine rings is 1. The highest BCUT2D eigenvalue weighted by Crippen LogP contribution is 2.21. The van der Waals surface area contributed by atoms with Crippen LogP contribution in [0.15, 0.2) is 23.0 Å². The molecule has 0 radical (unpaired) electrons. The molecule has 1 aromatic rings. The SMILES string of the molecule is COCCN1C[C@H](C(=O)N2CCCN(C(=O)c3ccoc3)CC2)CCC1=O. The molecule has 0 aromatic carbocycles. The van der Waals surface area contributed by atoms with E-state index in [1.807, 2.05) is 4.90 Å². The number of hydrogen-bond acceptors (Lipinski definition) is 5. The van der Waals surface area contributed by atoms with Crippen molar-refractivity contribution in [2.24, 2.45) is 5.92 Å². The van der Waals surface area contributed by atoms with Crippen LogP contribution >= 0.6 is 0 Å². The van der Waals surface area contributed by atoms with Crippen molar-refractivity contribution >= 4 is 17.7 Å². The lowest BCUT2D eigenvalue weighted by Crippen LogP contribution is -2.48. The largest absolute Gasteiger partial charge is 0.472 e. The van der Waals surface area contributed by atoms with E-state index in [4.69, 9.17) is 9.15 Å². The van der Waals surface area contributed by atoms with E-state index in [9.17, 15) is 14.4 Å². The van der Waals surface area contributed by atoms with Gasteiger partial charge in [-0.25, -0.2) is 0 Å². The highest BCUT2D eigenvalue weighted by molar-refractivity contribution is 5.94. The fourth-order valence-corrected chi connectivity index (χ4v) is 3.70. The van der Waals surface area contributed by atoms with Crippen LogP contribution in [0.25, 0.3) is 0 Å². The van der Waals surface area contributed by atoms with Gasteiger partial charge in [0.1, 0.15) is 6.26 Å². The third-order valence-electron chi connectivity index (χ3n) is 5.28. The first kappa shape index (κ1) is 19.4. The summed E-state index contributed by atoms with van der Waals surface area (Å²) in [6.45, 7) is 3.73. The maximum Gasteiger partial charge on any atom is 0.257 e. The molecule has 0 unspecified atom stereocenters. The van der Waals surface area contributed by atoms with Crippen molar-refractivity contribution in [1.29, 1.82) is 0 Å². The molecule has 2 saturated heterocycles. The maximum absolute atomic E-state index is 13.0. The summed E-state index contributed by atoms with van der Waals surface area (Å²) in [5, 5.41) is 0. The van der Waals surface area contributed by atoms with Crippen molar-refractivity contribution < 1.29 is 23.5 Å². The van der Waals surface area contributed by atoms with Crippen molar-refractivity contribution in [3.63, 3.8) is 0 Å². The smallest absolute Gasteiger partial charge is 0.257 e. The van der Waals surface area contributed by atoms with Crippen LogP contribution < -0.4 is 0 Å². The third kappa shape index (κ3) is 4.68. The highest BCUT2D eigenvalue weighted by Gasteiger charge is 2.33. The number of methoxy groups -OCH3 is 1. The first-order valence-corrected chi connectivity index (χ1v) is 9.47. The van der Waals surface area contributed by atoms with Gasteiger partial charge in [0.15, 0.2) is 0 Å². The topological polar surface area (TPSA) is 83.3 Å². The first-order valence-electron chi connectivity index (χ1n) is 9.47. The molecule has 3 amide bonds. The van der Waals surface area contributed by atoms with E-state index < -0.39 is 0 Å². The lowest BCUT2D eigenvalue weighted by atomic mass is 9.96. The highest BCUT2D eigenvalue weighted by atomic mass is 16.5. The standard InChI is InChI=1S/C19H27N3O5/c1-26-12-10-22-13-15(3-4-17(22)23)18(24)20-6-2-7-21(9-8-20)19(25)16-5-11-27-14-16/h5,11,14-15H,2-4,6-10,12-13H2,1H3/t15-/m1/s1. The van der Waals surface area contributed by atoms with Crippen LogP contribution in [-0.2, 0) is 14.3 Å². The van der Waals surface area contributed by atoms with Crippen LogP contribution in [0.1, 0.15) is 29.6 Å². The van der Waals surface area contributed by atoms with E-state index in [2.05, 4.69) is 0 Å². The van der Waals surface area contributed by atoms with Gasteiger partial charge in [-0.1, -0.05) is 0 Å². The fourth-order valence-electron chi connectivity index (χ4n) is 3.70. The van der Waals surface area contributed by atoms with Gasteiger partial charge in [0.2, 0.25) is 11.8 Å². The van der Waals surface area contributed by atoms with Crippen LogP contribution in [0.5, 0.6) is 0 Å². The number of hydrogen-bond donors (Lipinski definition) is 0. The van der Waals surface area contributed by atoms with Gasteiger partial charge in [-0.05, 0) is 18.9 Å². The molecule has 2 fully saturated rings. The molecule has 27 heavy (non-hydrogen) atoms. The van der Waals surface area contributed by atoms with Gasteiger partial charge < -0.3 is 23.9 Å². The molecule has 0 bridgehead atoms. The average Bonchev–Trinajstić information content (AvgIpc) is 3.11. The maximum atomic E-state index is 13.0. The van der Waals surface area contributed by atoms with Crippen molar-refractivity contribution in [3.8, 4) is 0 Å². The summed E-state index contributed by atoms with van der Waals surface area (Å²) >= 11 is 0. The van der Waals surface area contributed by atoms with Crippen LogP contribution in [0, 0.1) is 5.92 Å². The molecule has 2 aliphatic heterocycles. The quantitative estimate of drug-likeness (QED) is 0.759. The van der Waals surface area contributed by atoms with E-state index in [1.54, 1.807) is 23.0 Å². The van der Waals surface area contributed by atoms with Crippen molar-refractivity contribution in [3.05, 3.63) is 24.2 Å². The molecule has 148 valence electrons. The summed E-state index contributed by atoms with van der Waals surface area (Å²) in [5.74, 6) is -0.0610. The second kappa shape index (κ2) is 9.03. The number of nitrogens with zero attached hydrogens (tertiary/aromatic N) is 3.